The predicted molar refractivity (Wildman–Crippen MR) is 69.4 cm³/mol. The van der Waals surface area contributed by atoms with E-state index in [-0.39, 0.29) is 18.1 Å². The molecule has 0 aromatic carbocycles. The van der Waals surface area contributed by atoms with Gasteiger partial charge in [0.25, 0.3) is 5.96 Å². The highest BCUT2D eigenvalue weighted by Gasteiger charge is 2.09. The fourth-order valence-corrected chi connectivity index (χ4v) is 1.60. The SMILES string of the molecule is CCC[C@H](O)C[C@@H](N)CCCN=C(N)N[N+](=O)[O-]. The van der Waals surface area contributed by atoms with E-state index in [1.165, 1.54) is 0 Å². The summed E-state index contributed by atoms with van der Waals surface area (Å²) in [4.78, 5) is 13.8. The van der Waals surface area contributed by atoms with Crippen molar-refractivity contribution >= 4 is 5.96 Å². The molecule has 0 rings (SSSR count). The number of hydrogen-bond donors (Lipinski definition) is 4. The molecule has 0 bridgehead atoms. The molecule has 18 heavy (non-hydrogen) atoms. The summed E-state index contributed by atoms with van der Waals surface area (Å²) in [5, 5.41) is 18.8. The maximum atomic E-state index is 10.0. The Bertz CT molecular complexity index is 272. The van der Waals surface area contributed by atoms with Gasteiger partial charge < -0.3 is 16.6 Å². The zero-order valence-corrected chi connectivity index (χ0v) is 10.7. The first kappa shape index (κ1) is 16.6. The number of aliphatic imine (C=N–C) groups is 1. The van der Waals surface area contributed by atoms with Crippen LogP contribution in [0.3, 0.4) is 0 Å². The maximum absolute atomic E-state index is 10.0. The molecule has 6 N–H and O–H groups in total. The molecule has 0 fully saturated rings. The number of nitro groups is 1. The molecule has 0 unspecified atom stereocenters. The summed E-state index contributed by atoms with van der Waals surface area (Å²) < 4.78 is 0. The van der Waals surface area contributed by atoms with Crippen LogP contribution in [-0.2, 0) is 0 Å². The first-order valence-electron chi connectivity index (χ1n) is 6.10. The van der Waals surface area contributed by atoms with E-state index in [0.29, 0.717) is 25.8 Å². The van der Waals surface area contributed by atoms with E-state index in [9.17, 15) is 15.2 Å². The first-order chi connectivity index (χ1) is 8.45. The van der Waals surface area contributed by atoms with Crippen molar-refractivity contribution in [2.45, 2.75) is 51.2 Å². The highest BCUT2D eigenvalue weighted by molar-refractivity contribution is 5.76. The fraction of sp³-hybridized carbons (Fsp3) is 0.900. The smallest absolute Gasteiger partial charge is 0.251 e. The molecule has 0 saturated heterocycles. The van der Waals surface area contributed by atoms with E-state index in [1.807, 2.05) is 6.92 Å². The van der Waals surface area contributed by atoms with Gasteiger partial charge in [0.15, 0.2) is 5.03 Å². The molecule has 106 valence electrons. The van der Waals surface area contributed by atoms with E-state index < -0.39 is 5.03 Å². The molecule has 0 aliphatic rings. The second kappa shape index (κ2) is 9.60. The van der Waals surface area contributed by atoms with Gasteiger partial charge in [0, 0.05) is 12.6 Å². The average molecular weight is 261 g/mol. The largest absolute Gasteiger partial charge is 0.393 e. The summed E-state index contributed by atoms with van der Waals surface area (Å²) in [7, 11) is 0. The van der Waals surface area contributed by atoms with Crippen LogP contribution in [0.15, 0.2) is 4.99 Å². The molecule has 2 atom stereocenters. The second-order valence-electron chi connectivity index (χ2n) is 4.22. The number of nitrogens with zero attached hydrogens (tertiary/aromatic N) is 2. The van der Waals surface area contributed by atoms with Crippen molar-refractivity contribution < 1.29 is 10.1 Å². The Morgan fingerprint density at radius 3 is 2.78 bits per heavy atom. The maximum Gasteiger partial charge on any atom is 0.251 e. The number of nitrogens with two attached hydrogens (primary N) is 2. The quantitative estimate of drug-likeness (QED) is 0.148. The predicted octanol–water partition coefficient (Wildman–Crippen LogP) is -0.259. The van der Waals surface area contributed by atoms with Gasteiger partial charge in [-0.05, 0) is 25.7 Å². The lowest BCUT2D eigenvalue weighted by molar-refractivity contribution is -0.525. The molecule has 0 aliphatic carbocycles. The van der Waals surface area contributed by atoms with Crippen LogP contribution in [0, 0.1) is 10.1 Å². The van der Waals surface area contributed by atoms with Crippen LogP contribution >= 0.6 is 0 Å². The number of aliphatic hydroxyl groups is 1. The summed E-state index contributed by atoms with van der Waals surface area (Å²) in [6, 6.07) is -0.0774. The Morgan fingerprint density at radius 1 is 1.56 bits per heavy atom. The average Bonchev–Trinajstić information content (AvgIpc) is 2.23. The molecule has 0 amide bonds. The van der Waals surface area contributed by atoms with Crippen molar-refractivity contribution in [2.75, 3.05) is 6.54 Å². The third-order valence-electron chi connectivity index (χ3n) is 2.42. The topological polar surface area (TPSA) is 140 Å². The second-order valence-corrected chi connectivity index (χ2v) is 4.22. The van der Waals surface area contributed by atoms with Crippen LogP contribution < -0.4 is 16.9 Å². The molecular formula is C10H23N5O3. The van der Waals surface area contributed by atoms with E-state index in [0.717, 1.165) is 12.8 Å². The fourth-order valence-electron chi connectivity index (χ4n) is 1.60. The van der Waals surface area contributed by atoms with Crippen LogP contribution in [0.2, 0.25) is 0 Å². The highest BCUT2D eigenvalue weighted by atomic mass is 16.7. The van der Waals surface area contributed by atoms with Crippen LogP contribution in [-0.4, -0.2) is 34.8 Å². The summed E-state index contributed by atoms with van der Waals surface area (Å²) in [5.74, 6) is -0.209. The van der Waals surface area contributed by atoms with Crippen molar-refractivity contribution in [1.29, 1.82) is 0 Å². The van der Waals surface area contributed by atoms with Gasteiger partial charge in [-0.15, -0.1) is 0 Å². The van der Waals surface area contributed by atoms with Crippen LogP contribution in [0.25, 0.3) is 0 Å². The number of guanidine groups is 1. The molecule has 0 radical (unpaired) electrons. The molecule has 0 spiro atoms. The van der Waals surface area contributed by atoms with Gasteiger partial charge in [0.2, 0.25) is 0 Å². The van der Waals surface area contributed by atoms with Gasteiger partial charge in [-0.3, -0.25) is 0 Å². The minimum Gasteiger partial charge on any atom is -0.393 e. The number of hydrazine groups is 1. The molecule has 0 aliphatic heterocycles. The highest BCUT2D eigenvalue weighted by Crippen LogP contribution is 2.07. The Labute approximate surface area is 107 Å². The normalized spacial score (nSPS) is 15.2. The lowest BCUT2D eigenvalue weighted by Crippen LogP contribution is -2.36. The van der Waals surface area contributed by atoms with Crippen LogP contribution in [0.4, 0.5) is 0 Å². The lowest BCUT2D eigenvalue weighted by Gasteiger charge is -2.15. The van der Waals surface area contributed by atoms with Crippen molar-refractivity contribution in [3.05, 3.63) is 10.1 Å². The van der Waals surface area contributed by atoms with Crippen molar-refractivity contribution in [3.8, 4) is 0 Å². The third-order valence-corrected chi connectivity index (χ3v) is 2.42. The van der Waals surface area contributed by atoms with Gasteiger partial charge in [-0.25, -0.2) is 15.1 Å². The van der Waals surface area contributed by atoms with E-state index in [2.05, 4.69) is 4.99 Å². The minimum atomic E-state index is -0.758. The molecule has 0 heterocycles. The number of rotatable bonds is 9. The van der Waals surface area contributed by atoms with Crippen LogP contribution in [0.1, 0.15) is 39.0 Å². The molecule has 0 aromatic rings. The van der Waals surface area contributed by atoms with Gasteiger partial charge in [0.05, 0.1) is 6.10 Å². The number of hydrogen-bond acceptors (Lipinski definition) is 5. The standard InChI is InChI=1S/C10H23N5O3/c1-2-4-9(16)7-8(11)5-3-6-13-10(12)14-15(17)18/h8-9,16H,2-7,11H2,1H3,(H3,12,13,14)/t8-,9-/m0/s1. The van der Waals surface area contributed by atoms with Gasteiger partial charge >= 0.3 is 0 Å². The Kier molecular flexibility index (Phi) is 8.85. The van der Waals surface area contributed by atoms with Crippen molar-refractivity contribution in [1.82, 2.24) is 5.43 Å². The van der Waals surface area contributed by atoms with E-state index >= 15 is 0 Å². The Morgan fingerprint density at radius 2 is 2.22 bits per heavy atom. The molecule has 0 saturated carbocycles. The molecule has 8 nitrogen and oxygen atoms in total. The van der Waals surface area contributed by atoms with Crippen molar-refractivity contribution in [3.63, 3.8) is 0 Å². The third kappa shape index (κ3) is 9.79. The molecule has 8 heteroatoms. The monoisotopic (exact) mass is 261 g/mol. The van der Waals surface area contributed by atoms with E-state index in [1.54, 1.807) is 5.43 Å². The Hall–Kier alpha value is -1.41. The summed E-state index contributed by atoms with van der Waals surface area (Å²) in [6.07, 6.45) is 3.29. The number of nitrogens with one attached hydrogen (secondary N) is 1. The summed E-state index contributed by atoms with van der Waals surface area (Å²) >= 11 is 0. The minimum absolute atomic E-state index is 0.0774. The zero-order chi connectivity index (χ0) is 14.0. The molecule has 0 aromatic heterocycles. The molecular weight excluding hydrogens is 238 g/mol. The van der Waals surface area contributed by atoms with Gasteiger partial charge in [-0.2, -0.15) is 0 Å². The van der Waals surface area contributed by atoms with E-state index in [4.69, 9.17) is 11.5 Å². The van der Waals surface area contributed by atoms with Gasteiger partial charge in [-0.1, -0.05) is 18.8 Å². The Balaban J connectivity index is 3.67. The number of aliphatic hydroxyl groups excluding tert-OH is 1. The lowest BCUT2D eigenvalue weighted by atomic mass is 10.0. The summed E-state index contributed by atoms with van der Waals surface area (Å²) in [6.45, 7) is 2.39. The van der Waals surface area contributed by atoms with Crippen LogP contribution in [0.5, 0.6) is 0 Å². The summed E-state index contributed by atoms with van der Waals surface area (Å²) in [5.41, 5.74) is 12.8. The van der Waals surface area contributed by atoms with Crippen molar-refractivity contribution in [2.24, 2.45) is 16.5 Å². The van der Waals surface area contributed by atoms with Gasteiger partial charge in [0.1, 0.15) is 0 Å². The zero-order valence-electron chi connectivity index (χ0n) is 10.7. The first-order valence-corrected chi connectivity index (χ1v) is 6.10.